The highest BCUT2D eigenvalue weighted by Gasteiger charge is 2.32. The van der Waals surface area contributed by atoms with Crippen molar-refractivity contribution >= 4 is 5.97 Å². The maximum Gasteiger partial charge on any atom is 0.401 e. The molecule has 0 fully saturated rings. The summed E-state index contributed by atoms with van der Waals surface area (Å²) in [5.74, 6) is -1.64. The lowest BCUT2D eigenvalue weighted by molar-refractivity contribution is -0.155. The number of nitrogens with zero attached hydrogens (tertiary/aromatic N) is 2. The maximum absolute atomic E-state index is 12.3. The Morgan fingerprint density at radius 2 is 2.05 bits per heavy atom. The molecule has 0 aliphatic carbocycles. The molecule has 0 amide bonds. The van der Waals surface area contributed by atoms with E-state index in [-0.39, 0.29) is 18.0 Å². The van der Waals surface area contributed by atoms with Crippen LogP contribution in [0.1, 0.15) is 11.4 Å². The number of hydrogen-bond acceptors (Lipinski definition) is 4. The van der Waals surface area contributed by atoms with E-state index >= 15 is 0 Å². The summed E-state index contributed by atoms with van der Waals surface area (Å²) in [6, 6.07) is 2.81. The van der Waals surface area contributed by atoms with Gasteiger partial charge in [-0.05, 0) is 19.1 Å². The monoisotopic (exact) mass is 278 g/mol. The molecule has 8 heteroatoms. The Morgan fingerprint density at radius 3 is 2.58 bits per heavy atom. The molecule has 0 bridgehead atoms. The van der Waals surface area contributed by atoms with Crippen molar-refractivity contribution in [1.29, 1.82) is 0 Å². The van der Waals surface area contributed by atoms with Gasteiger partial charge in [-0.15, -0.1) is 0 Å². The van der Waals surface area contributed by atoms with Crippen LogP contribution in [0.15, 0.2) is 12.1 Å². The van der Waals surface area contributed by atoms with E-state index in [9.17, 15) is 23.1 Å². The van der Waals surface area contributed by atoms with Gasteiger partial charge in [-0.1, -0.05) is 0 Å². The molecule has 0 saturated carbocycles. The maximum atomic E-state index is 12.3. The van der Waals surface area contributed by atoms with Gasteiger partial charge in [0.1, 0.15) is 5.75 Å². The first-order valence-electron chi connectivity index (χ1n) is 5.34. The van der Waals surface area contributed by atoms with Crippen LogP contribution in [0.4, 0.5) is 13.2 Å². The second-order valence-electron chi connectivity index (χ2n) is 4.07. The van der Waals surface area contributed by atoms with E-state index in [2.05, 4.69) is 4.98 Å². The van der Waals surface area contributed by atoms with Crippen LogP contribution in [0.25, 0.3) is 0 Å². The number of hydrogen-bond donors (Lipinski definition) is 2. The van der Waals surface area contributed by atoms with Gasteiger partial charge in [-0.25, -0.2) is 0 Å². The molecule has 1 aromatic rings. The van der Waals surface area contributed by atoms with Gasteiger partial charge in [0, 0.05) is 12.2 Å². The predicted octanol–water partition coefficient (Wildman–Crippen LogP) is 1.54. The average Bonchev–Trinajstić information content (AvgIpc) is 2.20. The number of halogens is 3. The molecular weight excluding hydrogens is 265 g/mol. The molecule has 0 unspecified atom stereocenters. The lowest BCUT2D eigenvalue weighted by Crippen LogP contribution is -2.37. The minimum atomic E-state index is -4.52. The predicted molar refractivity (Wildman–Crippen MR) is 59.6 cm³/mol. The minimum absolute atomic E-state index is 0.0190. The van der Waals surface area contributed by atoms with Crippen LogP contribution in [0, 0.1) is 6.92 Å². The molecule has 106 valence electrons. The molecule has 0 aromatic carbocycles. The molecule has 2 N–H and O–H groups in total. The lowest BCUT2D eigenvalue weighted by Gasteiger charge is -2.21. The second-order valence-corrected chi connectivity index (χ2v) is 4.07. The molecule has 19 heavy (non-hydrogen) atoms. The highest BCUT2D eigenvalue weighted by molar-refractivity contribution is 5.69. The molecule has 0 saturated heterocycles. The van der Waals surface area contributed by atoms with Crippen molar-refractivity contribution in [3.63, 3.8) is 0 Å². The van der Waals surface area contributed by atoms with Crippen LogP contribution in [0.3, 0.4) is 0 Å². The third kappa shape index (κ3) is 5.56. The van der Waals surface area contributed by atoms with Crippen molar-refractivity contribution in [3.8, 4) is 5.75 Å². The minimum Gasteiger partial charge on any atom is -0.506 e. The molecule has 0 spiro atoms. The van der Waals surface area contributed by atoms with Crippen molar-refractivity contribution in [2.45, 2.75) is 19.6 Å². The number of carbonyl (C=O) groups is 1. The molecular formula is C11H13F3N2O3. The summed E-state index contributed by atoms with van der Waals surface area (Å²) in [7, 11) is 0. The number of rotatable bonds is 5. The first-order valence-corrected chi connectivity index (χ1v) is 5.34. The number of aromatic nitrogens is 1. The molecule has 0 atom stereocenters. The van der Waals surface area contributed by atoms with Gasteiger partial charge < -0.3 is 10.2 Å². The molecule has 1 aromatic heterocycles. The number of carboxylic acid groups (broad SMARTS) is 1. The summed E-state index contributed by atoms with van der Waals surface area (Å²) < 4.78 is 37.0. The summed E-state index contributed by atoms with van der Waals surface area (Å²) in [6.07, 6.45) is -4.52. The normalized spacial score (nSPS) is 11.8. The quantitative estimate of drug-likeness (QED) is 0.854. The third-order valence-electron chi connectivity index (χ3n) is 2.22. The van der Waals surface area contributed by atoms with E-state index in [1.54, 1.807) is 6.92 Å². The van der Waals surface area contributed by atoms with Gasteiger partial charge in [0.25, 0.3) is 0 Å². The summed E-state index contributed by atoms with van der Waals surface area (Å²) >= 11 is 0. The summed E-state index contributed by atoms with van der Waals surface area (Å²) in [6.45, 7) is -0.934. The van der Waals surface area contributed by atoms with Crippen LogP contribution in [-0.4, -0.2) is 45.3 Å². The van der Waals surface area contributed by atoms with Gasteiger partial charge in [0.05, 0.1) is 18.8 Å². The first-order chi connectivity index (χ1) is 8.67. The van der Waals surface area contributed by atoms with Crippen molar-refractivity contribution in [3.05, 3.63) is 23.5 Å². The van der Waals surface area contributed by atoms with Gasteiger partial charge >= 0.3 is 12.1 Å². The number of aryl methyl sites for hydroxylation is 1. The highest BCUT2D eigenvalue weighted by Crippen LogP contribution is 2.21. The number of aromatic hydroxyl groups is 1. The van der Waals surface area contributed by atoms with E-state index in [0.29, 0.717) is 10.6 Å². The van der Waals surface area contributed by atoms with Crippen molar-refractivity contribution in [2.24, 2.45) is 0 Å². The van der Waals surface area contributed by atoms with Gasteiger partial charge in [0.2, 0.25) is 0 Å². The molecule has 0 aliphatic heterocycles. The number of aliphatic carboxylic acids is 1. The van der Waals surface area contributed by atoms with Crippen LogP contribution < -0.4 is 0 Å². The Labute approximate surface area is 107 Å². The van der Waals surface area contributed by atoms with E-state index in [0.717, 1.165) is 0 Å². The standard InChI is InChI=1S/C11H13F3N2O3/c1-7-2-3-9(17)8(15-7)4-16(5-10(18)19)6-11(12,13)14/h2-3,17H,4-6H2,1H3,(H,18,19). The van der Waals surface area contributed by atoms with E-state index in [4.69, 9.17) is 5.11 Å². The smallest absolute Gasteiger partial charge is 0.401 e. The first kappa shape index (κ1) is 15.2. The number of pyridine rings is 1. The van der Waals surface area contributed by atoms with Gasteiger partial charge in [-0.3, -0.25) is 14.7 Å². The molecule has 5 nitrogen and oxygen atoms in total. The fraction of sp³-hybridized carbons (Fsp3) is 0.455. The zero-order valence-corrected chi connectivity index (χ0v) is 10.1. The third-order valence-corrected chi connectivity index (χ3v) is 2.22. The molecule has 0 aliphatic rings. The van der Waals surface area contributed by atoms with Crippen LogP contribution >= 0.6 is 0 Å². The van der Waals surface area contributed by atoms with Crippen molar-refractivity contribution in [2.75, 3.05) is 13.1 Å². The summed E-state index contributed by atoms with van der Waals surface area (Å²) in [4.78, 5) is 15.1. The topological polar surface area (TPSA) is 73.7 Å². The Bertz CT molecular complexity index is 463. The van der Waals surface area contributed by atoms with Crippen LogP contribution in [0.5, 0.6) is 5.75 Å². The largest absolute Gasteiger partial charge is 0.506 e. The Hall–Kier alpha value is -1.83. The van der Waals surface area contributed by atoms with E-state index in [1.807, 2.05) is 0 Å². The van der Waals surface area contributed by atoms with Crippen LogP contribution in [-0.2, 0) is 11.3 Å². The van der Waals surface area contributed by atoms with Crippen molar-refractivity contribution < 1.29 is 28.2 Å². The second kappa shape index (κ2) is 5.87. The summed E-state index contributed by atoms with van der Waals surface area (Å²) in [5, 5.41) is 18.1. The lowest BCUT2D eigenvalue weighted by atomic mass is 10.2. The molecule has 1 heterocycles. The van der Waals surface area contributed by atoms with Crippen molar-refractivity contribution in [1.82, 2.24) is 9.88 Å². The SMILES string of the molecule is Cc1ccc(O)c(CN(CC(=O)O)CC(F)(F)F)n1. The van der Waals surface area contributed by atoms with Crippen LogP contribution in [0.2, 0.25) is 0 Å². The van der Waals surface area contributed by atoms with Gasteiger partial charge in [0.15, 0.2) is 0 Å². The zero-order chi connectivity index (χ0) is 14.6. The van der Waals surface area contributed by atoms with Gasteiger partial charge in [-0.2, -0.15) is 13.2 Å². The Morgan fingerprint density at radius 1 is 1.42 bits per heavy atom. The number of carboxylic acids is 1. The van der Waals surface area contributed by atoms with E-state index in [1.165, 1.54) is 12.1 Å². The number of alkyl halides is 3. The summed E-state index contributed by atoms with van der Waals surface area (Å²) in [5.41, 5.74) is 0.542. The Balaban J connectivity index is 2.87. The zero-order valence-electron chi connectivity index (χ0n) is 10.1. The Kier molecular flexibility index (Phi) is 4.71. The molecule has 0 radical (unpaired) electrons. The highest BCUT2D eigenvalue weighted by atomic mass is 19.4. The fourth-order valence-electron chi connectivity index (χ4n) is 1.54. The molecule has 1 rings (SSSR count). The van der Waals surface area contributed by atoms with E-state index < -0.39 is 25.2 Å². The fourth-order valence-corrected chi connectivity index (χ4v) is 1.54. The average molecular weight is 278 g/mol.